The molecule has 0 unspecified atom stereocenters. The third-order valence-corrected chi connectivity index (χ3v) is 3.16. The first-order chi connectivity index (χ1) is 10.7. The normalized spacial score (nSPS) is 18.0. The Balaban J connectivity index is 0.000000246. The smallest absolute Gasteiger partial charge is 0.224 e. The summed E-state index contributed by atoms with van der Waals surface area (Å²) in [6.45, 7) is 5.74. The number of allylic oxidation sites excluding steroid dienone is 1. The van der Waals surface area contributed by atoms with Crippen molar-refractivity contribution in [1.29, 1.82) is 0 Å². The number of anilines is 1. The number of ether oxygens (including phenoxy) is 1. The molecule has 2 aliphatic rings. The average molecular weight is 321 g/mol. The Morgan fingerprint density at radius 1 is 1.14 bits per heavy atom. The maximum absolute atomic E-state index is 5.86. The number of benzene rings is 1. The van der Waals surface area contributed by atoms with Crippen LogP contribution in [-0.4, -0.2) is 37.4 Å². The van der Waals surface area contributed by atoms with Gasteiger partial charge in [-0.2, -0.15) is 0 Å². The molecule has 118 valence electrons. The molecule has 5 nitrogen and oxygen atoms in total. The number of nitrogens with one attached hydrogen (secondary N) is 2. The fraction of sp³-hybridized carbons (Fsp3) is 0.375. The van der Waals surface area contributed by atoms with E-state index in [1.165, 1.54) is 0 Å². The maximum Gasteiger partial charge on any atom is 0.224 e. The van der Waals surface area contributed by atoms with Crippen LogP contribution in [0.25, 0.3) is 0 Å². The van der Waals surface area contributed by atoms with Gasteiger partial charge in [0.1, 0.15) is 5.84 Å². The molecule has 3 rings (SSSR count). The van der Waals surface area contributed by atoms with Crippen molar-refractivity contribution in [3.63, 3.8) is 0 Å². The Bertz CT molecular complexity index is 539. The summed E-state index contributed by atoms with van der Waals surface area (Å²) in [5.41, 5.74) is 1.89. The minimum Gasteiger partial charge on any atom is -0.379 e. The molecule has 2 N–H and O–H groups in total. The number of rotatable bonds is 1. The van der Waals surface area contributed by atoms with Gasteiger partial charge in [0.2, 0.25) is 5.29 Å². The summed E-state index contributed by atoms with van der Waals surface area (Å²) in [4.78, 5) is 8.27. The molecule has 1 fully saturated rings. The Kier molecular flexibility index (Phi) is 7.09. The van der Waals surface area contributed by atoms with Gasteiger partial charge in [0, 0.05) is 30.9 Å². The van der Waals surface area contributed by atoms with Gasteiger partial charge < -0.3 is 15.4 Å². The second kappa shape index (κ2) is 9.35. The summed E-state index contributed by atoms with van der Waals surface area (Å²) >= 11 is 5.86. The maximum atomic E-state index is 5.86. The Labute approximate surface area is 136 Å². The predicted molar refractivity (Wildman–Crippen MR) is 92.9 cm³/mol. The van der Waals surface area contributed by atoms with Crippen molar-refractivity contribution < 1.29 is 4.74 Å². The highest BCUT2D eigenvalue weighted by atomic mass is 35.5. The van der Waals surface area contributed by atoms with E-state index in [4.69, 9.17) is 16.3 Å². The second-order valence-corrected chi connectivity index (χ2v) is 5.18. The molecule has 0 amide bonds. The fourth-order valence-corrected chi connectivity index (χ4v) is 2.14. The summed E-state index contributed by atoms with van der Waals surface area (Å²) in [5.74, 6) is 0.803. The van der Waals surface area contributed by atoms with Gasteiger partial charge in [0.25, 0.3) is 0 Å². The van der Waals surface area contributed by atoms with Crippen molar-refractivity contribution in [1.82, 2.24) is 5.32 Å². The van der Waals surface area contributed by atoms with Crippen molar-refractivity contribution in [2.45, 2.75) is 13.3 Å². The number of halogens is 1. The van der Waals surface area contributed by atoms with E-state index in [2.05, 4.69) is 20.6 Å². The molecule has 0 spiro atoms. The zero-order valence-corrected chi connectivity index (χ0v) is 13.4. The molecule has 6 heteroatoms. The number of aliphatic imine (C=N–C) groups is 2. The number of para-hydroxylation sites is 1. The van der Waals surface area contributed by atoms with Crippen molar-refractivity contribution >= 4 is 28.4 Å². The van der Waals surface area contributed by atoms with E-state index in [-0.39, 0.29) is 5.29 Å². The van der Waals surface area contributed by atoms with Crippen LogP contribution in [0.15, 0.2) is 52.1 Å². The van der Waals surface area contributed by atoms with E-state index >= 15 is 0 Å². The monoisotopic (exact) mass is 320 g/mol. The number of hydrogen-bond acceptors (Lipinski definition) is 5. The van der Waals surface area contributed by atoms with Gasteiger partial charge in [0.05, 0.1) is 13.2 Å². The van der Waals surface area contributed by atoms with Gasteiger partial charge in [-0.25, -0.2) is 9.98 Å². The summed E-state index contributed by atoms with van der Waals surface area (Å²) in [7, 11) is 0. The van der Waals surface area contributed by atoms with Crippen LogP contribution in [-0.2, 0) is 4.74 Å². The molecule has 0 radical (unpaired) electrons. The zero-order valence-electron chi connectivity index (χ0n) is 12.7. The first-order valence-corrected chi connectivity index (χ1v) is 7.71. The van der Waals surface area contributed by atoms with Crippen LogP contribution in [0.1, 0.15) is 13.3 Å². The molecule has 1 aromatic carbocycles. The largest absolute Gasteiger partial charge is 0.379 e. The molecule has 22 heavy (non-hydrogen) atoms. The molecule has 2 heterocycles. The van der Waals surface area contributed by atoms with Crippen LogP contribution in [0, 0.1) is 0 Å². The van der Waals surface area contributed by atoms with Crippen molar-refractivity contribution in [3.05, 3.63) is 42.1 Å². The topological polar surface area (TPSA) is 58.0 Å². The summed E-state index contributed by atoms with van der Waals surface area (Å²) < 4.78 is 5.01. The summed E-state index contributed by atoms with van der Waals surface area (Å²) in [6, 6.07) is 9.87. The van der Waals surface area contributed by atoms with E-state index in [0.29, 0.717) is 6.42 Å². The minimum atomic E-state index is 0.268. The quantitative estimate of drug-likeness (QED) is 0.782. The van der Waals surface area contributed by atoms with Gasteiger partial charge in [-0.15, -0.1) is 0 Å². The van der Waals surface area contributed by atoms with Crippen molar-refractivity contribution in [2.24, 2.45) is 9.98 Å². The molecule has 0 aliphatic carbocycles. The summed E-state index contributed by atoms with van der Waals surface area (Å²) in [6.07, 6.45) is 2.70. The Morgan fingerprint density at radius 3 is 2.45 bits per heavy atom. The van der Waals surface area contributed by atoms with Gasteiger partial charge in [-0.3, -0.25) is 0 Å². The van der Waals surface area contributed by atoms with Crippen LogP contribution in [0.4, 0.5) is 5.69 Å². The number of morpholine rings is 1. The standard InChI is InChI=1S/C12H12ClN3.C4H9NO/c1-9-7-8-11(16-12(13)14-9)15-10-5-3-2-4-6-10;1-3-6-4-2-5-1/h2-7H,8H2,1H3,(H,14,15,16);5H,1-4H2. The third-order valence-electron chi connectivity index (χ3n) is 3.00. The highest BCUT2D eigenvalue weighted by molar-refractivity contribution is 6.65. The highest BCUT2D eigenvalue weighted by Gasteiger charge is 2.04. The average Bonchev–Trinajstić information content (AvgIpc) is 2.71. The van der Waals surface area contributed by atoms with E-state index < -0.39 is 0 Å². The van der Waals surface area contributed by atoms with Gasteiger partial charge >= 0.3 is 0 Å². The molecule has 1 aromatic rings. The van der Waals surface area contributed by atoms with Crippen molar-refractivity contribution in [3.8, 4) is 0 Å². The zero-order chi connectivity index (χ0) is 15.6. The van der Waals surface area contributed by atoms with E-state index in [1.807, 2.05) is 43.3 Å². The molecule has 0 bridgehead atoms. The lowest BCUT2D eigenvalue weighted by molar-refractivity contribution is 0.109. The predicted octanol–water partition coefficient (Wildman–Crippen LogP) is 3.01. The number of nitrogens with zero attached hydrogens (tertiary/aromatic N) is 2. The Hall–Kier alpha value is -1.69. The van der Waals surface area contributed by atoms with Crippen molar-refractivity contribution in [2.75, 3.05) is 31.6 Å². The van der Waals surface area contributed by atoms with Crippen LogP contribution in [0.3, 0.4) is 0 Å². The third kappa shape index (κ3) is 6.39. The van der Waals surface area contributed by atoms with E-state index in [1.54, 1.807) is 0 Å². The first kappa shape index (κ1) is 16.7. The van der Waals surface area contributed by atoms with Crippen LogP contribution >= 0.6 is 11.6 Å². The molecule has 2 aliphatic heterocycles. The molecule has 0 aromatic heterocycles. The Morgan fingerprint density at radius 2 is 1.86 bits per heavy atom. The molecular formula is C16H21ClN4O. The lowest BCUT2D eigenvalue weighted by Gasteiger charge is -2.10. The second-order valence-electron chi connectivity index (χ2n) is 4.84. The first-order valence-electron chi connectivity index (χ1n) is 7.33. The molecular weight excluding hydrogens is 300 g/mol. The van der Waals surface area contributed by atoms with Crippen LogP contribution in [0.2, 0.25) is 0 Å². The molecule has 0 atom stereocenters. The lowest BCUT2D eigenvalue weighted by atomic mass is 10.3. The molecule has 0 saturated carbocycles. The van der Waals surface area contributed by atoms with Crippen LogP contribution < -0.4 is 10.6 Å². The fourth-order valence-electron chi connectivity index (χ4n) is 1.90. The number of hydrogen-bond donors (Lipinski definition) is 2. The van der Waals surface area contributed by atoms with E-state index in [9.17, 15) is 0 Å². The molecule has 1 saturated heterocycles. The van der Waals surface area contributed by atoms with Crippen LogP contribution in [0.5, 0.6) is 0 Å². The SMILES string of the molecule is C1COCCN1.CC1=CCC(Nc2ccccc2)=NC(Cl)=N1. The highest BCUT2D eigenvalue weighted by Crippen LogP contribution is 2.11. The summed E-state index contributed by atoms with van der Waals surface area (Å²) in [5, 5.41) is 6.64. The lowest BCUT2D eigenvalue weighted by Crippen LogP contribution is -2.30. The minimum absolute atomic E-state index is 0.268. The van der Waals surface area contributed by atoms with Gasteiger partial charge in [-0.1, -0.05) is 24.3 Å². The number of amidine groups is 2. The van der Waals surface area contributed by atoms with Gasteiger partial charge in [-0.05, 0) is 30.7 Å². The van der Waals surface area contributed by atoms with E-state index in [0.717, 1.165) is 43.5 Å². The van der Waals surface area contributed by atoms with Gasteiger partial charge in [0.15, 0.2) is 0 Å².